The van der Waals surface area contributed by atoms with Crippen molar-refractivity contribution >= 4 is 17.5 Å². The van der Waals surface area contributed by atoms with Gasteiger partial charge in [0.2, 0.25) is 0 Å². The standard InChI is InChI=1S/C21H21N5O2/c1-21(2,3)18-12-19(24-20(28)23-15-7-5-9-17(27)11-15)26(25-18)16-8-4-6-14(10-16)13-22/h4-12,27H,1-3H3,(H2,23,24,28). The molecule has 2 aromatic carbocycles. The molecule has 142 valence electrons. The van der Waals surface area contributed by atoms with E-state index >= 15 is 0 Å². The Kier molecular flexibility index (Phi) is 5.05. The number of aromatic nitrogens is 2. The molecule has 3 N–H and O–H groups in total. The molecule has 0 saturated carbocycles. The molecular weight excluding hydrogens is 354 g/mol. The van der Waals surface area contributed by atoms with E-state index in [0.29, 0.717) is 22.8 Å². The lowest BCUT2D eigenvalue weighted by molar-refractivity contribution is 0.262. The van der Waals surface area contributed by atoms with Gasteiger partial charge >= 0.3 is 6.03 Å². The van der Waals surface area contributed by atoms with Crippen molar-refractivity contribution in [1.29, 1.82) is 5.26 Å². The maximum Gasteiger partial charge on any atom is 0.324 e. The Labute approximate surface area is 163 Å². The van der Waals surface area contributed by atoms with Crippen LogP contribution in [0.4, 0.5) is 16.3 Å². The van der Waals surface area contributed by atoms with Crippen molar-refractivity contribution in [3.63, 3.8) is 0 Å². The minimum Gasteiger partial charge on any atom is -0.508 e. The van der Waals surface area contributed by atoms with Crippen molar-refractivity contribution in [2.45, 2.75) is 26.2 Å². The van der Waals surface area contributed by atoms with Crippen molar-refractivity contribution in [3.05, 3.63) is 65.9 Å². The third-order valence-corrected chi connectivity index (χ3v) is 4.04. The number of carbonyl (C=O) groups excluding carboxylic acids is 1. The highest BCUT2D eigenvalue weighted by atomic mass is 16.3. The van der Waals surface area contributed by atoms with Gasteiger partial charge in [-0.15, -0.1) is 0 Å². The molecule has 0 aliphatic carbocycles. The maximum absolute atomic E-state index is 12.5. The number of amides is 2. The minimum atomic E-state index is -0.469. The molecule has 28 heavy (non-hydrogen) atoms. The first-order valence-electron chi connectivity index (χ1n) is 8.74. The molecule has 2 amide bonds. The molecule has 0 unspecified atom stereocenters. The van der Waals surface area contributed by atoms with E-state index in [0.717, 1.165) is 5.69 Å². The topological polar surface area (TPSA) is 103 Å². The zero-order valence-electron chi connectivity index (χ0n) is 15.9. The molecule has 3 aromatic rings. The smallest absolute Gasteiger partial charge is 0.324 e. The predicted molar refractivity (Wildman–Crippen MR) is 108 cm³/mol. The SMILES string of the molecule is CC(C)(C)c1cc(NC(=O)Nc2cccc(O)c2)n(-c2cccc(C#N)c2)n1. The number of nitriles is 1. The van der Waals surface area contributed by atoms with E-state index in [-0.39, 0.29) is 11.2 Å². The van der Waals surface area contributed by atoms with E-state index in [2.05, 4.69) is 21.8 Å². The Morgan fingerprint density at radius 3 is 2.54 bits per heavy atom. The van der Waals surface area contributed by atoms with Crippen LogP contribution in [0.5, 0.6) is 5.75 Å². The van der Waals surface area contributed by atoms with Gasteiger partial charge in [0.1, 0.15) is 11.6 Å². The molecule has 0 radical (unpaired) electrons. The van der Waals surface area contributed by atoms with E-state index in [4.69, 9.17) is 5.26 Å². The highest BCUT2D eigenvalue weighted by Crippen LogP contribution is 2.27. The number of anilines is 2. The van der Waals surface area contributed by atoms with Gasteiger partial charge in [0.25, 0.3) is 0 Å². The van der Waals surface area contributed by atoms with E-state index in [1.54, 1.807) is 41.1 Å². The Morgan fingerprint density at radius 1 is 1.11 bits per heavy atom. The van der Waals surface area contributed by atoms with Crippen LogP contribution < -0.4 is 10.6 Å². The molecule has 1 aromatic heterocycles. The van der Waals surface area contributed by atoms with Gasteiger partial charge in [-0.1, -0.05) is 32.9 Å². The lowest BCUT2D eigenvalue weighted by Crippen LogP contribution is -2.21. The highest BCUT2D eigenvalue weighted by molar-refractivity contribution is 5.99. The van der Waals surface area contributed by atoms with Crippen molar-refractivity contribution < 1.29 is 9.90 Å². The largest absolute Gasteiger partial charge is 0.508 e. The van der Waals surface area contributed by atoms with Crippen LogP contribution in [0.15, 0.2) is 54.6 Å². The first kappa shape index (κ1) is 19.0. The number of carbonyl (C=O) groups is 1. The fourth-order valence-corrected chi connectivity index (χ4v) is 2.60. The summed E-state index contributed by atoms with van der Waals surface area (Å²) in [5, 5.41) is 28.8. The third-order valence-electron chi connectivity index (χ3n) is 4.04. The summed E-state index contributed by atoms with van der Waals surface area (Å²) in [7, 11) is 0. The predicted octanol–water partition coefficient (Wildman–Crippen LogP) is 4.39. The summed E-state index contributed by atoms with van der Waals surface area (Å²) in [6.45, 7) is 6.09. The first-order valence-corrected chi connectivity index (χ1v) is 8.74. The normalized spacial score (nSPS) is 10.9. The lowest BCUT2D eigenvalue weighted by Gasteiger charge is -2.14. The van der Waals surface area contributed by atoms with Crippen LogP contribution in [0.2, 0.25) is 0 Å². The molecule has 3 rings (SSSR count). The number of aromatic hydroxyl groups is 1. The van der Waals surface area contributed by atoms with Gasteiger partial charge in [-0.25, -0.2) is 9.48 Å². The molecule has 0 aliphatic heterocycles. The summed E-state index contributed by atoms with van der Waals surface area (Å²) in [6, 6.07) is 16.7. The van der Waals surface area contributed by atoms with E-state index < -0.39 is 6.03 Å². The second-order valence-corrected chi connectivity index (χ2v) is 7.37. The number of urea groups is 1. The van der Waals surface area contributed by atoms with Crippen molar-refractivity contribution in [3.8, 4) is 17.5 Å². The average molecular weight is 375 g/mol. The number of nitrogens with one attached hydrogen (secondary N) is 2. The van der Waals surface area contributed by atoms with Gasteiger partial charge < -0.3 is 10.4 Å². The Hall–Kier alpha value is -3.79. The van der Waals surface area contributed by atoms with Crippen LogP contribution >= 0.6 is 0 Å². The molecule has 0 aliphatic rings. The number of rotatable bonds is 3. The van der Waals surface area contributed by atoms with Crippen molar-refractivity contribution in [2.24, 2.45) is 0 Å². The molecule has 0 bridgehead atoms. The van der Waals surface area contributed by atoms with E-state index in [9.17, 15) is 9.90 Å². The quantitative estimate of drug-likeness (QED) is 0.631. The molecule has 7 heteroatoms. The van der Waals surface area contributed by atoms with E-state index in [1.807, 2.05) is 26.8 Å². The van der Waals surface area contributed by atoms with Crippen LogP contribution in [0, 0.1) is 11.3 Å². The number of phenols is 1. The minimum absolute atomic E-state index is 0.0613. The number of phenolic OH excluding ortho intramolecular Hbond substituents is 1. The van der Waals surface area contributed by atoms with Crippen LogP contribution in [-0.4, -0.2) is 20.9 Å². The molecular formula is C21H21N5O2. The fourth-order valence-electron chi connectivity index (χ4n) is 2.60. The van der Waals surface area contributed by atoms with Crippen LogP contribution in [0.1, 0.15) is 32.0 Å². The zero-order chi connectivity index (χ0) is 20.3. The van der Waals surface area contributed by atoms with E-state index in [1.165, 1.54) is 12.1 Å². The maximum atomic E-state index is 12.5. The van der Waals surface area contributed by atoms with Crippen molar-refractivity contribution in [2.75, 3.05) is 10.6 Å². The Morgan fingerprint density at radius 2 is 1.86 bits per heavy atom. The van der Waals surface area contributed by atoms with Gasteiger partial charge in [-0.05, 0) is 30.3 Å². The van der Waals surface area contributed by atoms with Gasteiger partial charge in [-0.3, -0.25) is 5.32 Å². The van der Waals surface area contributed by atoms with Crippen molar-refractivity contribution in [1.82, 2.24) is 9.78 Å². The van der Waals surface area contributed by atoms with Gasteiger partial charge in [-0.2, -0.15) is 10.4 Å². The fraction of sp³-hybridized carbons (Fsp3) is 0.190. The second-order valence-electron chi connectivity index (χ2n) is 7.37. The summed E-state index contributed by atoms with van der Waals surface area (Å²) in [6.07, 6.45) is 0. The molecule has 1 heterocycles. The summed E-state index contributed by atoms with van der Waals surface area (Å²) in [4.78, 5) is 12.5. The van der Waals surface area contributed by atoms with Crippen LogP contribution in [-0.2, 0) is 5.41 Å². The van der Waals surface area contributed by atoms with Gasteiger partial charge in [0, 0.05) is 23.2 Å². The van der Waals surface area contributed by atoms with Crippen LogP contribution in [0.3, 0.4) is 0 Å². The lowest BCUT2D eigenvalue weighted by atomic mass is 9.92. The molecule has 0 saturated heterocycles. The highest BCUT2D eigenvalue weighted by Gasteiger charge is 2.21. The molecule has 0 atom stereocenters. The first-order chi connectivity index (χ1) is 13.3. The average Bonchev–Trinajstić information content (AvgIpc) is 3.06. The Balaban J connectivity index is 1.93. The van der Waals surface area contributed by atoms with Gasteiger partial charge in [0.05, 0.1) is 23.0 Å². The molecule has 0 spiro atoms. The molecule has 0 fully saturated rings. The summed E-state index contributed by atoms with van der Waals surface area (Å²) < 4.78 is 1.60. The number of hydrogen-bond donors (Lipinski definition) is 3. The number of nitrogens with zero attached hydrogens (tertiary/aromatic N) is 3. The Bertz CT molecular complexity index is 1060. The summed E-state index contributed by atoms with van der Waals surface area (Å²) >= 11 is 0. The zero-order valence-corrected chi connectivity index (χ0v) is 15.9. The summed E-state index contributed by atoms with van der Waals surface area (Å²) in [5.41, 5.74) is 2.20. The second kappa shape index (κ2) is 7.45. The number of hydrogen-bond acceptors (Lipinski definition) is 4. The summed E-state index contributed by atoms with van der Waals surface area (Å²) in [5.74, 6) is 0.531. The number of benzene rings is 2. The third kappa shape index (κ3) is 4.30. The molecule has 7 nitrogen and oxygen atoms in total. The monoisotopic (exact) mass is 375 g/mol. The van der Waals surface area contributed by atoms with Gasteiger partial charge in [0.15, 0.2) is 0 Å². The van der Waals surface area contributed by atoms with Crippen LogP contribution in [0.25, 0.3) is 5.69 Å².